The number of nitrogens with zero attached hydrogens (tertiary/aromatic N) is 2. The molecule has 10 heteroatoms. The van der Waals surface area contributed by atoms with E-state index in [1.54, 1.807) is 6.92 Å². The molecule has 25 heavy (non-hydrogen) atoms. The lowest BCUT2D eigenvalue weighted by atomic mass is 10.1. The van der Waals surface area contributed by atoms with Gasteiger partial charge in [-0.05, 0) is 6.92 Å². The maximum absolute atomic E-state index is 12.1. The van der Waals surface area contributed by atoms with E-state index in [2.05, 4.69) is 4.98 Å². The number of aryl methyl sites for hydroxylation is 1. The predicted molar refractivity (Wildman–Crippen MR) is 91.7 cm³/mol. The molecule has 0 atom stereocenters. The predicted octanol–water partition coefficient (Wildman–Crippen LogP) is 4.30. The molecule has 1 aromatic carbocycles. The van der Waals surface area contributed by atoms with Crippen molar-refractivity contribution in [3.05, 3.63) is 66.4 Å². The van der Waals surface area contributed by atoms with Crippen molar-refractivity contribution in [2.45, 2.75) is 6.92 Å². The van der Waals surface area contributed by atoms with E-state index in [4.69, 9.17) is 39.5 Å². The van der Waals surface area contributed by atoms with Crippen LogP contribution in [0.4, 0.5) is 5.69 Å². The number of aromatic nitrogens is 1. The number of benzene rings is 1. The molecule has 1 aromatic heterocycles. The number of hydrogen-bond donors (Lipinski definition) is 0. The molecule has 0 spiro atoms. The molecule has 2 rings (SSSR count). The van der Waals surface area contributed by atoms with Crippen LogP contribution in [0.3, 0.4) is 0 Å². The summed E-state index contributed by atoms with van der Waals surface area (Å²) in [4.78, 5) is 38.1. The summed E-state index contributed by atoms with van der Waals surface area (Å²) in [5.41, 5.74) is -0.0475. The van der Waals surface area contributed by atoms with Gasteiger partial charge in [0.1, 0.15) is 0 Å². The Hall–Kier alpha value is -2.22. The summed E-state index contributed by atoms with van der Waals surface area (Å²) in [7, 11) is 0. The van der Waals surface area contributed by atoms with Crippen molar-refractivity contribution in [2.75, 3.05) is 6.61 Å². The summed E-state index contributed by atoms with van der Waals surface area (Å²) < 4.78 is 4.84. The fourth-order valence-electron chi connectivity index (χ4n) is 1.85. The van der Waals surface area contributed by atoms with Crippen LogP contribution in [0.2, 0.25) is 15.1 Å². The molecule has 130 valence electrons. The minimum absolute atomic E-state index is 0.0401. The summed E-state index contributed by atoms with van der Waals surface area (Å²) in [5, 5.41) is 10.7. The Labute approximate surface area is 156 Å². The average Bonchev–Trinajstić information content (AvgIpc) is 2.57. The van der Waals surface area contributed by atoms with E-state index >= 15 is 0 Å². The van der Waals surface area contributed by atoms with Gasteiger partial charge < -0.3 is 4.74 Å². The molecule has 2 aromatic rings. The van der Waals surface area contributed by atoms with Crippen LogP contribution in [0, 0.1) is 17.0 Å². The molecule has 0 unspecified atom stereocenters. The first-order valence-electron chi connectivity index (χ1n) is 6.67. The summed E-state index contributed by atoms with van der Waals surface area (Å²) in [6, 6.07) is 3.96. The van der Waals surface area contributed by atoms with Gasteiger partial charge in [0.25, 0.3) is 5.69 Å². The Morgan fingerprint density at radius 2 is 1.92 bits per heavy atom. The standard InChI is InChI=1S/C15H9Cl3N2O5/c1-7-2-3-8(4-10(7)20(23)24)11(21)6-25-15(22)14-13(18)12(17)9(16)5-19-14/h2-5H,6H2,1H3. The molecule has 0 bridgehead atoms. The molecule has 0 amide bonds. The number of pyridine rings is 1. The van der Waals surface area contributed by atoms with Crippen molar-refractivity contribution in [1.29, 1.82) is 0 Å². The van der Waals surface area contributed by atoms with Gasteiger partial charge in [-0.15, -0.1) is 0 Å². The zero-order valence-corrected chi connectivity index (χ0v) is 14.9. The second kappa shape index (κ2) is 7.77. The molecule has 0 fully saturated rings. The maximum atomic E-state index is 12.1. The van der Waals surface area contributed by atoms with Crippen LogP contribution in [-0.4, -0.2) is 28.3 Å². The van der Waals surface area contributed by atoms with Gasteiger partial charge in [-0.1, -0.05) is 46.9 Å². The number of carbonyl (C=O) groups excluding carboxylic acids is 2. The van der Waals surface area contributed by atoms with Crippen LogP contribution in [-0.2, 0) is 4.74 Å². The second-order valence-electron chi connectivity index (χ2n) is 4.84. The van der Waals surface area contributed by atoms with Crippen LogP contribution < -0.4 is 0 Å². The van der Waals surface area contributed by atoms with Gasteiger partial charge >= 0.3 is 5.97 Å². The monoisotopic (exact) mass is 402 g/mol. The first-order chi connectivity index (χ1) is 11.7. The topological polar surface area (TPSA) is 99.4 Å². The molecular weight excluding hydrogens is 395 g/mol. The maximum Gasteiger partial charge on any atom is 0.358 e. The van der Waals surface area contributed by atoms with Gasteiger partial charge in [-0.3, -0.25) is 14.9 Å². The smallest absolute Gasteiger partial charge is 0.358 e. The number of Topliss-reactive ketones (excluding diaryl/α,β-unsaturated/α-hetero) is 1. The van der Waals surface area contributed by atoms with E-state index in [9.17, 15) is 19.7 Å². The van der Waals surface area contributed by atoms with Gasteiger partial charge in [-0.25, -0.2) is 9.78 Å². The summed E-state index contributed by atoms with van der Waals surface area (Å²) >= 11 is 17.4. The van der Waals surface area contributed by atoms with Crippen molar-refractivity contribution in [3.8, 4) is 0 Å². The lowest BCUT2D eigenvalue weighted by Crippen LogP contribution is -2.16. The number of esters is 1. The number of carbonyl (C=O) groups is 2. The fraction of sp³-hybridized carbons (Fsp3) is 0.133. The van der Waals surface area contributed by atoms with Crippen molar-refractivity contribution in [1.82, 2.24) is 4.98 Å². The quantitative estimate of drug-likeness (QED) is 0.319. The Bertz CT molecular complexity index is 886. The van der Waals surface area contributed by atoms with Crippen LogP contribution >= 0.6 is 34.8 Å². The molecule has 0 aliphatic heterocycles. The highest BCUT2D eigenvalue weighted by molar-refractivity contribution is 6.48. The highest BCUT2D eigenvalue weighted by Gasteiger charge is 2.21. The molecule has 1 heterocycles. The number of hydrogen-bond acceptors (Lipinski definition) is 6. The molecule has 0 saturated carbocycles. The van der Waals surface area contributed by atoms with Gasteiger partial charge in [0.2, 0.25) is 5.78 Å². The third-order valence-corrected chi connectivity index (χ3v) is 4.41. The Morgan fingerprint density at radius 1 is 1.24 bits per heavy atom. The number of nitro groups is 1. The fourth-order valence-corrected chi connectivity index (χ4v) is 2.41. The number of halogens is 3. The molecule has 7 nitrogen and oxygen atoms in total. The molecule has 0 aliphatic rings. The lowest BCUT2D eigenvalue weighted by Gasteiger charge is -2.07. The van der Waals surface area contributed by atoms with Crippen molar-refractivity contribution in [2.24, 2.45) is 0 Å². The molecular formula is C15H9Cl3N2O5. The highest BCUT2D eigenvalue weighted by atomic mass is 35.5. The third kappa shape index (κ3) is 4.25. The zero-order valence-electron chi connectivity index (χ0n) is 12.6. The molecule has 0 N–H and O–H groups in total. The number of ether oxygens (including phenoxy) is 1. The van der Waals surface area contributed by atoms with E-state index < -0.39 is 23.3 Å². The Morgan fingerprint density at radius 3 is 2.56 bits per heavy atom. The van der Waals surface area contributed by atoms with Crippen LogP contribution in [0.25, 0.3) is 0 Å². The van der Waals surface area contributed by atoms with Gasteiger partial charge in [0.05, 0.1) is 20.0 Å². The summed E-state index contributed by atoms with van der Waals surface area (Å²) in [6.45, 7) is 0.904. The van der Waals surface area contributed by atoms with E-state index in [1.807, 2.05) is 0 Å². The first-order valence-corrected chi connectivity index (χ1v) is 7.80. The molecule has 0 aliphatic carbocycles. The number of nitro benzene ring substituents is 1. The van der Waals surface area contributed by atoms with Crippen molar-refractivity contribution < 1.29 is 19.2 Å². The SMILES string of the molecule is Cc1ccc(C(=O)COC(=O)c2ncc(Cl)c(Cl)c2Cl)cc1[N+](=O)[O-]. The summed E-state index contributed by atoms with van der Waals surface area (Å²) in [5.74, 6) is -1.59. The largest absolute Gasteiger partial charge is 0.453 e. The van der Waals surface area contributed by atoms with Gasteiger partial charge in [-0.2, -0.15) is 0 Å². The number of ketones is 1. The summed E-state index contributed by atoms with van der Waals surface area (Å²) in [6.07, 6.45) is 1.12. The van der Waals surface area contributed by atoms with Crippen LogP contribution in [0.15, 0.2) is 24.4 Å². The second-order valence-corrected chi connectivity index (χ2v) is 6.00. The van der Waals surface area contributed by atoms with E-state index in [0.29, 0.717) is 5.56 Å². The molecule has 0 radical (unpaired) electrons. The van der Waals surface area contributed by atoms with Crippen molar-refractivity contribution >= 4 is 52.2 Å². The van der Waals surface area contributed by atoms with Crippen LogP contribution in [0.1, 0.15) is 26.4 Å². The van der Waals surface area contributed by atoms with Crippen molar-refractivity contribution in [3.63, 3.8) is 0 Å². The third-order valence-electron chi connectivity index (χ3n) is 3.17. The van der Waals surface area contributed by atoms with E-state index in [-0.39, 0.29) is 32.0 Å². The average molecular weight is 404 g/mol. The Balaban J connectivity index is 2.12. The highest BCUT2D eigenvalue weighted by Crippen LogP contribution is 2.31. The van der Waals surface area contributed by atoms with Crippen LogP contribution in [0.5, 0.6) is 0 Å². The molecule has 0 saturated heterocycles. The lowest BCUT2D eigenvalue weighted by molar-refractivity contribution is -0.385. The zero-order chi connectivity index (χ0) is 18.7. The van der Waals surface area contributed by atoms with E-state index in [1.165, 1.54) is 12.1 Å². The normalized spacial score (nSPS) is 10.4. The van der Waals surface area contributed by atoms with Gasteiger partial charge in [0, 0.05) is 23.4 Å². The number of rotatable bonds is 5. The minimum Gasteiger partial charge on any atom is -0.453 e. The minimum atomic E-state index is -0.974. The van der Waals surface area contributed by atoms with Gasteiger partial charge in [0.15, 0.2) is 12.3 Å². The van der Waals surface area contributed by atoms with E-state index in [0.717, 1.165) is 12.3 Å². The first kappa shape index (κ1) is 19.1. The Kier molecular flexibility index (Phi) is 5.94.